The second-order valence-corrected chi connectivity index (χ2v) is 20.5. The molecule has 0 saturated carbocycles. The molecular formula is C60H116O4. The van der Waals surface area contributed by atoms with Crippen molar-refractivity contribution < 1.29 is 19.1 Å². The molecule has 2 unspecified atom stereocenters. The Morgan fingerprint density at radius 2 is 0.391 bits per heavy atom. The molecule has 0 aromatic carbocycles. The Labute approximate surface area is 402 Å². The van der Waals surface area contributed by atoms with E-state index in [1.165, 1.54) is 282 Å². The summed E-state index contributed by atoms with van der Waals surface area (Å²) in [5.41, 5.74) is 0. The van der Waals surface area contributed by atoms with Crippen molar-refractivity contribution in [2.24, 2.45) is 0 Å². The quantitative estimate of drug-likeness (QED) is 0.0347. The zero-order valence-corrected chi connectivity index (χ0v) is 44.3. The van der Waals surface area contributed by atoms with Gasteiger partial charge >= 0.3 is 11.9 Å². The molecule has 0 fully saturated rings. The van der Waals surface area contributed by atoms with Crippen LogP contribution in [0.25, 0.3) is 0 Å². The number of hydrogen-bond acceptors (Lipinski definition) is 4. The number of carbonyl (C=O) groups excluding carboxylic acids is 2. The van der Waals surface area contributed by atoms with Gasteiger partial charge in [0.2, 0.25) is 0 Å². The van der Waals surface area contributed by atoms with Gasteiger partial charge in [0.25, 0.3) is 0 Å². The Kier molecular flexibility index (Phi) is 53.2. The molecule has 0 aromatic heterocycles. The summed E-state index contributed by atoms with van der Waals surface area (Å²) in [6.07, 6.45) is 67.3. The molecule has 4 heteroatoms. The normalized spacial score (nSPS) is 12.6. The Balaban J connectivity index is 4.87. The maximum Gasteiger partial charge on any atom is 0.331 e. The van der Waals surface area contributed by atoms with Crippen molar-refractivity contribution in [3.05, 3.63) is 12.2 Å². The first-order chi connectivity index (χ1) is 31.6. The standard InChI is InChI=1S/C60H116O4/c1-5-9-13-17-21-25-29-31-33-37-41-45-49-53-57(51-47-43-39-35-27-23-19-15-11-7-3)63-59(61)55-56-60(62)64-58(52-48-44-40-36-28-24-20-16-12-8-4)54-50-46-42-38-34-32-30-26-22-18-14-10-6-2/h55-58H,5-54H2,1-4H3/b56-55+. The van der Waals surface area contributed by atoms with Crippen molar-refractivity contribution in [1.29, 1.82) is 0 Å². The summed E-state index contributed by atoms with van der Waals surface area (Å²) >= 11 is 0. The number of hydrogen-bond donors (Lipinski definition) is 0. The lowest BCUT2D eigenvalue weighted by atomic mass is 10.0. The molecule has 0 amide bonds. The van der Waals surface area contributed by atoms with Crippen LogP contribution < -0.4 is 0 Å². The van der Waals surface area contributed by atoms with E-state index in [0.717, 1.165) is 51.4 Å². The van der Waals surface area contributed by atoms with Gasteiger partial charge in [0, 0.05) is 12.2 Å². The van der Waals surface area contributed by atoms with Gasteiger partial charge in [0.1, 0.15) is 12.2 Å². The van der Waals surface area contributed by atoms with Crippen LogP contribution >= 0.6 is 0 Å². The van der Waals surface area contributed by atoms with Crippen molar-refractivity contribution in [2.45, 2.75) is 361 Å². The van der Waals surface area contributed by atoms with Crippen LogP contribution in [0.3, 0.4) is 0 Å². The minimum absolute atomic E-state index is 0.0606. The van der Waals surface area contributed by atoms with Gasteiger partial charge in [-0.25, -0.2) is 9.59 Å². The molecule has 2 atom stereocenters. The molecule has 0 spiro atoms. The highest BCUT2D eigenvalue weighted by molar-refractivity contribution is 5.91. The highest BCUT2D eigenvalue weighted by Crippen LogP contribution is 2.21. The van der Waals surface area contributed by atoms with E-state index in [1.807, 2.05) is 0 Å². The van der Waals surface area contributed by atoms with Crippen LogP contribution in [0.5, 0.6) is 0 Å². The first kappa shape index (κ1) is 62.7. The molecule has 0 radical (unpaired) electrons. The Morgan fingerprint density at radius 1 is 0.250 bits per heavy atom. The number of unbranched alkanes of at least 4 members (excludes halogenated alkanes) is 42. The van der Waals surface area contributed by atoms with Crippen molar-refractivity contribution in [3.8, 4) is 0 Å². The second kappa shape index (κ2) is 54.3. The minimum Gasteiger partial charge on any atom is -0.459 e. The van der Waals surface area contributed by atoms with Crippen LogP contribution in [0.4, 0.5) is 0 Å². The van der Waals surface area contributed by atoms with Gasteiger partial charge in [0.15, 0.2) is 0 Å². The summed E-state index contributed by atoms with van der Waals surface area (Å²) < 4.78 is 12.1. The van der Waals surface area contributed by atoms with Gasteiger partial charge in [-0.15, -0.1) is 0 Å². The van der Waals surface area contributed by atoms with E-state index >= 15 is 0 Å². The third kappa shape index (κ3) is 50.1. The van der Waals surface area contributed by atoms with Crippen LogP contribution in [-0.2, 0) is 19.1 Å². The Hall–Kier alpha value is -1.32. The van der Waals surface area contributed by atoms with E-state index in [2.05, 4.69) is 27.7 Å². The fourth-order valence-electron chi connectivity index (χ4n) is 9.57. The zero-order valence-electron chi connectivity index (χ0n) is 44.3. The summed E-state index contributed by atoms with van der Waals surface area (Å²) in [6, 6.07) is 0. The lowest BCUT2D eigenvalue weighted by Gasteiger charge is -2.18. The first-order valence-corrected chi connectivity index (χ1v) is 29.7. The van der Waals surface area contributed by atoms with Crippen molar-refractivity contribution in [2.75, 3.05) is 0 Å². The van der Waals surface area contributed by atoms with Gasteiger partial charge in [-0.2, -0.15) is 0 Å². The molecule has 0 bridgehead atoms. The number of carbonyl (C=O) groups is 2. The Morgan fingerprint density at radius 3 is 0.547 bits per heavy atom. The molecule has 64 heavy (non-hydrogen) atoms. The summed E-state index contributed by atoms with van der Waals surface area (Å²) in [7, 11) is 0. The molecule has 0 saturated heterocycles. The SMILES string of the molecule is CCCCCCCCCCCCCCCC(CCCCCCCCCCCC)OC(=O)/C=C/C(=O)OC(CCCCCCCCCCCC)CCCCCCCCCCCCCCC. The molecule has 4 nitrogen and oxygen atoms in total. The maximum absolute atomic E-state index is 13.1. The second-order valence-electron chi connectivity index (χ2n) is 20.5. The van der Waals surface area contributed by atoms with Crippen molar-refractivity contribution >= 4 is 11.9 Å². The predicted molar refractivity (Wildman–Crippen MR) is 282 cm³/mol. The molecule has 0 heterocycles. The number of rotatable bonds is 54. The summed E-state index contributed by atoms with van der Waals surface area (Å²) in [5, 5.41) is 0. The van der Waals surface area contributed by atoms with E-state index in [9.17, 15) is 9.59 Å². The monoisotopic (exact) mass is 901 g/mol. The molecule has 0 N–H and O–H groups in total. The highest BCUT2D eigenvalue weighted by Gasteiger charge is 2.16. The van der Waals surface area contributed by atoms with Crippen molar-refractivity contribution in [1.82, 2.24) is 0 Å². The average molecular weight is 902 g/mol. The molecule has 380 valence electrons. The third-order valence-corrected chi connectivity index (χ3v) is 13.9. The van der Waals surface area contributed by atoms with E-state index in [1.54, 1.807) is 0 Å². The molecule has 0 aliphatic rings. The van der Waals surface area contributed by atoms with Gasteiger partial charge < -0.3 is 9.47 Å². The minimum atomic E-state index is -0.383. The molecule has 0 aromatic rings. The zero-order chi connectivity index (χ0) is 46.5. The predicted octanol–water partition coefficient (Wildman–Crippen LogP) is 21.0. The molecule has 0 rings (SSSR count). The van der Waals surface area contributed by atoms with E-state index in [-0.39, 0.29) is 24.1 Å². The van der Waals surface area contributed by atoms with E-state index in [4.69, 9.17) is 9.47 Å². The van der Waals surface area contributed by atoms with Gasteiger partial charge in [-0.3, -0.25) is 0 Å². The number of esters is 2. The summed E-state index contributed by atoms with van der Waals surface area (Å²) in [4.78, 5) is 26.2. The maximum atomic E-state index is 13.1. The molecule has 0 aliphatic carbocycles. The van der Waals surface area contributed by atoms with Crippen LogP contribution in [0, 0.1) is 0 Å². The first-order valence-electron chi connectivity index (χ1n) is 29.7. The number of ether oxygens (including phenoxy) is 2. The van der Waals surface area contributed by atoms with Crippen molar-refractivity contribution in [3.63, 3.8) is 0 Å². The van der Waals surface area contributed by atoms with Crippen LogP contribution in [0.1, 0.15) is 349 Å². The summed E-state index contributed by atoms with van der Waals surface area (Å²) in [5.74, 6) is -0.766. The van der Waals surface area contributed by atoms with Crippen LogP contribution in [0.2, 0.25) is 0 Å². The molecular weight excluding hydrogens is 785 g/mol. The topological polar surface area (TPSA) is 52.6 Å². The summed E-state index contributed by atoms with van der Waals surface area (Å²) in [6.45, 7) is 9.15. The van der Waals surface area contributed by atoms with Crippen LogP contribution in [0.15, 0.2) is 12.2 Å². The Bertz CT molecular complexity index is 870. The van der Waals surface area contributed by atoms with Gasteiger partial charge in [-0.05, 0) is 51.4 Å². The fourth-order valence-corrected chi connectivity index (χ4v) is 9.57. The largest absolute Gasteiger partial charge is 0.459 e. The van der Waals surface area contributed by atoms with Gasteiger partial charge in [-0.1, -0.05) is 297 Å². The lowest BCUT2D eigenvalue weighted by molar-refractivity contribution is -0.146. The van der Waals surface area contributed by atoms with E-state index < -0.39 is 0 Å². The fraction of sp³-hybridized carbons (Fsp3) is 0.933. The average Bonchev–Trinajstić information content (AvgIpc) is 3.29. The van der Waals surface area contributed by atoms with Gasteiger partial charge in [0.05, 0.1) is 0 Å². The lowest BCUT2D eigenvalue weighted by Crippen LogP contribution is -2.19. The highest BCUT2D eigenvalue weighted by atomic mass is 16.5. The smallest absolute Gasteiger partial charge is 0.331 e. The molecule has 0 aliphatic heterocycles. The van der Waals surface area contributed by atoms with E-state index in [0.29, 0.717) is 0 Å². The van der Waals surface area contributed by atoms with Crippen LogP contribution in [-0.4, -0.2) is 24.1 Å². The third-order valence-electron chi connectivity index (χ3n) is 13.9.